The highest BCUT2D eigenvalue weighted by Crippen LogP contribution is 2.11. The van der Waals surface area contributed by atoms with Crippen LogP contribution >= 0.6 is 0 Å². The van der Waals surface area contributed by atoms with Crippen molar-refractivity contribution in [3.05, 3.63) is 11.5 Å². The fourth-order valence-corrected chi connectivity index (χ4v) is 0.983. The summed E-state index contributed by atoms with van der Waals surface area (Å²) in [5, 5.41) is 0. The highest BCUT2D eigenvalue weighted by Gasteiger charge is 2.06. The number of nitrogens with zero attached hydrogens (tertiary/aromatic N) is 2. The molecule has 0 bridgehead atoms. The molecular formula is C8H15N3O. The van der Waals surface area contributed by atoms with Gasteiger partial charge in [0, 0.05) is 13.7 Å². The topological polar surface area (TPSA) is 53.1 Å². The third-order valence-electron chi connectivity index (χ3n) is 1.95. The summed E-state index contributed by atoms with van der Waals surface area (Å²) in [4.78, 5) is 4.16. The highest BCUT2D eigenvalue weighted by atomic mass is 16.5. The van der Waals surface area contributed by atoms with E-state index in [0.29, 0.717) is 19.0 Å². The van der Waals surface area contributed by atoms with Crippen molar-refractivity contribution in [1.82, 2.24) is 9.55 Å². The lowest BCUT2D eigenvalue weighted by Crippen LogP contribution is -2.02. The molecule has 0 aromatic carbocycles. The molecule has 0 atom stereocenters. The van der Waals surface area contributed by atoms with E-state index in [1.54, 1.807) is 0 Å². The lowest BCUT2D eigenvalue weighted by Gasteiger charge is -2.01. The molecule has 4 heteroatoms. The van der Waals surface area contributed by atoms with Gasteiger partial charge in [-0.15, -0.1) is 0 Å². The predicted octanol–water partition coefficient (Wildman–Crippen LogP) is 0.847. The molecule has 4 nitrogen and oxygen atoms in total. The van der Waals surface area contributed by atoms with Gasteiger partial charge in [0.2, 0.25) is 0 Å². The molecule has 68 valence electrons. The summed E-state index contributed by atoms with van der Waals surface area (Å²) < 4.78 is 7.18. The van der Waals surface area contributed by atoms with Gasteiger partial charge in [0.25, 0.3) is 0 Å². The Kier molecular flexibility index (Phi) is 2.70. The van der Waals surface area contributed by atoms with Gasteiger partial charge < -0.3 is 15.0 Å². The smallest absolute Gasteiger partial charge is 0.145 e. The summed E-state index contributed by atoms with van der Waals surface area (Å²) in [6.45, 7) is 5.13. The van der Waals surface area contributed by atoms with Crippen LogP contribution in [0.4, 0.5) is 5.82 Å². The number of aromatic nitrogens is 2. The molecule has 0 aliphatic carbocycles. The Hall–Kier alpha value is -1.03. The van der Waals surface area contributed by atoms with Crippen LogP contribution in [0.5, 0.6) is 0 Å². The van der Waals surface area contributed by atoms with Crippen LogP contribution in [0.25, 0.3) is 0 Å². The van der Waals surface area contributed by atoms with Crippen molar-refractivity contribution in [2.24, 2.45) is 7.05 Å². The summed E-state index contributed by atoms with van der Waals surface area (Å²) in [5.41, 5.74) is 6.62. The quantitative estimate of drug-likeness (QED) is 0.729. The van der Waals surface area contributed by atoms with Gasteiger partial charge in [-0.2, -0.15) is 0 Å². The SMILES string of the molecule is CCOCc1nc(N)c(C)n1C. The largest absolute Gasteiger partial charge is 0.382 e. The first kappa shape index (κ1) is 9.06. The molecular weight excluding hydrogens is 154 g/mol. The van der Waals surface area contributed by atoms with Crippen molar-refractivity contribution in [1.29, 1.82) is 0 Å². The zero-order valence-electron chi connectivity index (χ0n) is 7.79. The summed E-state index contributed by atoms with van der Waals surface area (Å²) in [6.07, 6.45) is 0. The van der Waals surface area contributed by atoms with Crippen LogP contribution in [0.15, 0.2) is 0 Å². The Balaban J connectivity index is 2.79. The molecule has 1 rings (SSSR count). The van der Waals surface area contributed by atoms with Gasteiger partial charge >= 0.3 is 0 Å². The van der Waals surface area contributed by atoms with Crippen molar-refractivity contribution in [3.8, 4) is 0 Å². The van der Waals surface area contributed by atoms with Crippen molar-refractivity contribution in [2.75, 3.05) is 12.3 Å². The second-order valence-corrected chi connectivity index (χ2v) is 2.69. The van der Waals surface area contributed by atoms with E-state index in [9.17, 15) is 0 Å². The van der Waals surface area contributed by atoms with Crippen molar-refractivity contribution in [3.63, 3.8) is 0 Å². The lowest BCUT2D eigenvalue weighted by molar-refractivity contribution is 0.126. The molecule has 1 aromatic heterocycles. The molecule has 1 heterocycles. The van der Waals surface area contributed by atoms with Gasteiger partial charge in [-0.05, 0) is 13.8 Å². The predicted molar refractivity (Wildman–Crippen MR) is 47.7 cm³/mol. The average molecular weight is 169 g/mol. The lowest BCUT2D eigenvalue weighted by atomic mass is 10.5. The second-order valence-electron chi connectivity index (χ2n) is 2.69. The van der Waals surface area contributed by atoms with E-state index in [2.05, 4.69) is 4.98 Å². The van der Waals surface area contributed by atoms with Crippen LogP contribution in [0.1, 0.15) is 18.4 Å². The van der Waals surface area contributed by atoms with Crippen LogP contribution in [-0.2, 0) is 18.4 Å². The van der Waals surface area contributed by atoms with Crippen molar-refractivity contribution in [2.45, 2.75) is 20.5 Å². The van der Waals surface area contributed by atoms with E-state index >= 15 is 0 Å². The molecule has 0 spiro atoms. The molecule has 0 radical (unpaired) electrons. The molecule has 0 amide bonds. The number of imidazole rings is 1. The van der Waals surface area contributed by atoms with E-state index in [1.165, 1.54) is 0 Å². The summed E-state index contributed by atoms with van der Waals surface area (Å²) in [6, 6.07) is 0. The molecule has 0 aliphatic heterocycles. The van der Waals surface area contributed by atoms with Gasteiger partial charge in [0.15, 0.2) is 0 Å². The first-order valence-corrected chi connectivity index (χ1v) is 4.02. The van der Waals surface area contributed by atoms with E-state index in [-0.39, 0.29) is 0 Å². The van der Waals surface area contributed by atoms with Crippen molar-refractivity contribution >= 4 is 5.82 Å². The van der Waals surface area contributed by atoms with Gasteiger partial charge in [-0.1, -0.05) is 0 Å². The number of hydrogen-bond donors (Lipinski definition) is 1. The number of ether oxygens (including phenoxy) is 1. The molecule has 0 unspecified atom stereocenters. The minimum absolute atomic E-state index is 0.533. The Morgan fingerprint density at radius 2 is 2.25 bits per heavy atom. The molecule has 0 saturated carbocycles. The zero-order valence-corrected chi connectivity index (χ0v) is 7.79. The third kappa shape index (κ3) is 1.58. The summed E-state index contributed by atoms with van der Waals surface area (Å²) in [7, 11) is 1.94. The van der Waals surface area contributed by atoms with Crippen molar-refractivity contribution < 1.29 is 4.74 Å². The van der Waals surface area contributed by atoms with E-state index in [0.717, 1.165) is 11.5 Å². The van der Waals surface area contributed by atoms with Crippen LogP contribution in [0, 0.1) is 6.92 Å². The molecule has 2 N–H and O–H groups in total. The maximum atomic E-state index is 5.63. The van der Waals surface area contributed by atoms with Gasteiger partial charge in [0.1, 0.15) is 18.2 Å². The summed E-state index contributed by atoms with van der Waals surface area (Å²) >= 11 is 0. The molecule has 12 heavy (non-hydrogen) atoms. The Labute approximate surface area is 72.3 Å². The van der Waals surface area contributed by atoms with E-state index in [4.69, 9.17) is 10.5 Å². The fourth-order valence-electron chi connectivity index (χ4n) is 0.983. The Bertz CT molecular complexity index is 268. The normalized spacial score (nSPS) is 10.6. The first-order valence-electron chi connectivity index (χ1n) is 4.02. The Morgan fingerprint density at radius 1 is 1.58 bits per heavy atom. The maximum absolute atomic E-state index is 5.63. The fraction of sp³-hybridized carbons (Fsp3) is 0.625. The first-order chi connectivity index (χ1) is 5.66. The van der Waals surface area contributed by atoms with Crippen LogP contribution in [-0.4, -0.2) is 16.2 Å². The van der Waals surface area contributed by atoms with Gasteiger partial charge in [-0.25, -0.2) is 4.98 Å². The second kappa shape index (κ2) is 3.58. The van der Waals surface area contributed by atoms with E-state index < -0.39 is 0 Å². The minimum Gasteiger partial charge on any atom is -0.382 e. The highest BCUT2D eigenvalue weighted by molar-refractivity contribution is 5.35. The summed E-state index contributed by atoms with van der Waals surface area (Å²) in [5.74, 6) is 1.47. The number of hydrogen-bond acceptors (Lipinski definition) is 3. The maximum Gasteiger partial charge on any atom is 0.145 e. The zero-order chi connectivity index (χ0) is 9.14. The molecule has 1 aromatic rings. The third-order valence-corrected chi connectivity index (χ3v) is 1.95. The monoisotopic (exact) mass is 169 g/mol. The number of nitrogens with two attached hydrogens (primary N) is 1. The average Bonchev–Trinajstić information content (AvgIpc) is 2.30. The number of anilines is 1. The minimum atomic E-state index is 0.533. The number of rotatable bonds is 3. The number of nitrogen functional groups attached to an aromatic ring is 1. The standard InChI is InChI=1S/C8H15N3O/c1-4-12-5-7-10-8(9)6(2)11(7)3/h4-5,9H2,1-3H3. The van der Waals surface area contributed by atoms with Crippen LogP contribution in [0.2, 0.25) is 0 Å². The van der Waals surface area contributed by atoms with Gasteiger partial charge in [-0.3, -0.25) is 0 Å². The molecule has 0 saturated heterocycles. The molecule has 0 aliphatic rings. The van der Waals surface area contributed by atoms with E-state index in [1.807, 2.05) is 25.5 Å². The van der Waals surface area contributed by atoms with Gasteiger partial charge in [0.05, 0.1) is 5.69 Å². The van der Waals surface area contributed by atoms with Crippen LogP contribution < -0.4 is 5.73 Å². The molecule has 0 fully saturated rings. The van der Waals surface area contributed by atoms with Crippen LogP contribution in [0.3, 0.4) is 0 Å². The Morgan fingerprint density at radius 3 is 2.67 bits per heavy atom.